The maximum atomic E-state index is 13.0. The smallest absolute Gasteiger partial charge is 0.368 e. The number of hydrogen-bond donors (Lipinski definition) is 1. The minimum Gasteiger partial charge on any atom is -0.368 e. The van der Waals surface area contributed by atoms with Crippen LogP contribution < -0.4 is 10.6 Å². The van der Waals surface area contributed by atoms with Crippen LogP contribution >= 0.6 is 23.2 Å². The number of nitrogen functional groups attached to an aromatic ring is 1. The first-order chi connectivity index (χ1) is 10.2. The summed E-state index contributed by atoms with van der Waals surface area (Å²) in [7, 11) is 0. The lowest BCUT2D eigenvalue weighted by molar-refractivity contribution is -0.141. The average molecular weight is 351 g/mol. The Morgan fingerprint density at radius 2 is 1.73 bits per heavy atom. The largest absolute Gasteiger partial charge is 0.435 e. The highest BCUT2D eigenvalue weighted by Crippen LogP contribution is 2.39. The van der Waals surface area contributed by atoms with Gasteiger partial charge in [0.05, 0.1) is 0 Å². The Morgan fingerprint density at radius 1 is 1.14 bits per heavy atom. The van der Waals surface area contributed by atoms with Crippen LogP contribution in [-0.2, 0) is 6.18 Å². The van der Waals surface area contributed by atoms with E-state index in [0.29, 0.717) is 17.3 Å². The van der Waals surface area contributed by atoms with Gasteiger partial charge in [-0.25, -0.2) is 4.98 Å². The van der Waals surface area contributed by atoms with Gasteiger partial charge in [0.15, 0.2) is 11.5 Å². The fourth-order valence-electron chi connectivity index (χ4n) is 1.89. The first-order valence-corrected chi connectivity index (χ1v) is 6.93. The van der Waals surface area contributed by atoms with Crippen molar-refractivity contribution in [3.05, 3.63) is 40.0 Å². The predicted molar refractivity (Wildman–Crippen MR) is 80.6 cm³/mol. The second-order valence-electron chi connectivity index (χ2n) is 4.29. The molecule has 0 aliphatic rings. The molecule has 0 unspecified atom stereocenters. The van der Waals surface area contributed by atoms with Gasteiger partial charge in [-0.3, -0.25) is 0 Å². The minimum absolute atomic E-state index is 0.105. The molecule has 9 heteroatoms. The molecule has 2 aromatic rings. The number of benzene rings is 1. The molecule has 22 heavy (non-hydrogen) atoms. The van der Waals surface area contributed by atoms with Crippen LogP contribution in [0.5, 0.6) is 0 Å². The molecule has 0 amide bonds. The normalized spacial score (nSPS) is 11.5. The summed E-state index contributed by atoms with van der Waals surface area (Å²) in [5.41, 5.74) is 4.71. The molecule has 0 saturated carbocycles. The summed E-state index contributed by atoms with van der Waals surface area (Å²) in [5, 5.41) is -0.0948. The standard InChI is InChI=1S/C13H11Cl2F3N4/c1-2-22(8-5-3-7(14)4-6-8)11-9(15)10(13(16,17)18)20-12(19)21-11/h3-6H,2H2,1H3,(H2,19,20,21). The van der Waals surface area contributed by atoms with E-state index >= 15 is 0 Å². The Labute approximate surface area is 134 Å². The van der Waals surface area contributed by atoms with Crippen LogP contribution in [0.3, 0.4) is 0 Å². The SMILES string of the molecule is CCN(c1ccc(Cl)cc1)c1nc(N)nc(C(F)(F)F)c1Cl. The number of halogens is 5. The van der Waals surface area contributed by atoms with Crippen molar-refractivity contribution in [2.24, 2.45) is 0 Å². The molecule has 0 atom stereocenters. The second kappa shape index (κ2) is 6.18. The number of aromatic nitrogens is 2. The lowest BCUT2D eigenvalue weighted by atomic mass is 10.2. The zero-order chi connectivity index (χ0) is 16.5. The first kappa shape index (κ1) is 16.6. The highest BCUT2D eigenvalue weighted by molar-refractivity contribution is 6.34. The van der Waals surface area contributed by atoms with Gasteiger partial charge >= 0.3 is 6.18 Å². The number of nitrogens with two attached hydrogens (primary N) is 1. The lowest BCUT2D eigenvalue weighted by Crippen LogP contribution is -2.21. The van der Waals surface area contributed by atoms with Crippen LogP contribution in [0.15, 0.2) is 24.3 Å². The summed E-state index contributed by atoms with van der Waals surface area (Å²) in [6, 6.07) is 6.52. The zero-order valence-corrected chi connectivity index (χ0v) is 12.8. The van der Waals surface area contributed by atoms with E-state index in [1.807, 2.05) is 0 Å². The van der Waals surface area contributed by atoms with E-state index in [2.05, 4.69) is 9.97 Å². The fraction of sp³-hybridized carbons (Fsp3) is 0.231. The van der Waals surface area contributed by atoms with Crippen LogP contribution in [0.1, 0.15) is 12.6 Å². The van der Waals surface area contributed by atoms with Gasteiger partial charge < -0.3 is 10.6 Å². The quantitative estimate of drug-likeness (QED) is 0.882. The molecule has 1 aromatic heterocycles. The Hall–Kier alpha value is -1.73. The van der Waals surface area contributed by atoms with Gasteiger partial charge in [0.25, 0.3) is 0 Å². The van der Waals surface area contributed by atoms with Crippen molar-refractivity contribution in [2.45, 2.75) is 13.1 Å². The lowest BCUT2D eigenvalue weighted by Gasteiger charge is -2.24. The number of rotatable bonds is 3. The topological polar surface area (TPSA) is 55.0 Å². The molecule has 0 saturated heterocycles. The van der Waals surface area contributed by atoms with E-state index < -0.39 is 22.8 Å². The second-order valence-corrected chi connectivity index (χ2v) is 5.10. The van der Waals surface area contributed by atoms with E-state index in [9.17, 15) is 13.2 Å². The first-order valence-electron chi connectivity index (χ1n) is 6.17. The third-order valence-electron chi connectivity index (χ3n) is 2.83. The Bertz CT molecular complexity index is 674. The van der Waals surface area contributed by atoms with E-state index in [0.717, 1.165) is 0 Å². The van der Waals surface area contributed by atoms with E-state index in [1.54, 1.807) is 31.2 Å². The minimum atomic E-state index is -4.72. The summed E-state index contributed by atoms with van der Waals surface area (Å²) in [6.45, 7) is 2.07. The van der Waals surface area contributed by atoms with Crippen LogP contribution in [0.25, 0.3) is 0 Å². The summed E-state index contributed by atoms with van der Waals surface area (Å²) >= 11 is 11.7. The Kier molecular flexibility index (Phi) is 4.67. The predicted octanol–water partition coefficient (Wildman–Crippen LogP) is 4.54. The molecule has 0 bridgehead atoms. The average Bonchev–Trinajstić information content (AvgIpc) is 2.43. The highest BCUT2D eigenvalue weighted by atomic mass is 35.5. The number of alkyl halides is 3. The van der Waals surface area contributed by atoms with Crippen LogP contribution in [0.4, 0.5) is 30.6 Å². The molecule has 0 spiro atoms. The zero-order valence-electron chi connectivity index (χ0n) is 11.3. The molecular formula is C13H11Cl2F3N4. The molecule has 4 nitrogen and oxygen atoms in total. The highest BCUT2D eigenvalue weighted by Gasteiger charge is 2.38. The van der Waals surface area contributed by atoms with Gasteiger partial charge in [-0.2, -0.15) is 18.2 Å². The molecule has 2 N–H and O–H groups in total. The van der Waals surface area contributed by atoms with E-state index in [4.69, 9.17) is 28.9 Å². The molecule has 0 fully saturated rings. The Morgan fingerprint density at radius 3 is 2.23 bits per heavy atom. The molecule has 2 rings (SSSR count). The number of hydrogen-bond acceptors (Lipinski definition) is 4. The van der Waals surface area contributed by atoms with E-state index in [-0.39, 0.29) is 5.82 Å². The molecule has 1 aromatic carbocycles. The van der Waals surface area contributed by atoms with Gasteiger partial charge in [-0.05, 0) is 31.2 Å². The van der Waals surface area contributed by atoms with Crippen molar-refractivity contribution in [3.63, 3.8) is 0 Å². The van der Waals surface area contributed by atoms with Crippen LogP contribution in [0, 0.1) is 0 Å². The van der Waals surface area contributed by atoms with Crippen molar-refractivity contribution in [2.75, 3.05) is 17.2 Å². The molecule has 118 valence electrons. The fourth-order valence-corrected chi connectivity index (χ4v) is 2.31. The number of anilines is 3. The maximum Gasteiger partial charge on any atom is 0.435 e. The van der Waals surface area contributed by atoms with Gasteiger partial charge in [0.1, 0.15) is 5.02 Å². The van der Waals surface area contributed by atoms with Crippen LogP contribution in [-0.4, -0.2) is 16.5 Å². The van der Waals surface area contributed by atoms with Crippen molar-refractivity contribution >= 4 is 40.7 Å². The van der Waals surface area contributed by atoms with Crippen molar-refractivity contribution in [1.82, 2.24) is 9.97 Å². The van der Waals surface area contributed by atoms with E-state index in [1.165, 1.54) is 4.90 Å². The molecule has 0 aliphatic carbocycles. The van der Waals surface area contributed by atoms with Crippen molar-refractivity contribution in [1.29, 1.82) is 0 Å². The molecule has 0 radical (unpaired) electrons. The van der Waals surface area contributed by atoms with Gasteiger partial charge in [-0.15, -0.1) is 0 Å². The third kappa shape index (κ3) is 3.36. The Balaban J connectivity index is 2.58. The molecular weight excluding hydrogens is 340 g/mol. The van der Waals surface area contributed by atoms with Crippen molar-refractivity contribution in [3.8, 4) is 0 Å². The monoisotopic (exact) mass is 350 g/mol. The number of nitrogens with zero attached hydrogens (tertiary/aromatic N) is 3. The summed E-state index contributed by atoms with van der Waals surface area (Å²) in [6.07, 6.45) is -4.72. The third-order valence-corrected chi connectivity index (χ3v) is 3.43. The van der Waals surface area contributed by atoms with Crippen LogP contribution in [0.2, 0.25) is 10.0 Å². The summed E-state index contributed by atoms with van der Waals surface area (Å²) in [5.74, 6) is -0.606. The molecule has 0 aliphatic heterocycles. The van der Waals surface area contributed by atoms with Crippen molar-refractivity contribution < 1.29 is 13.2 Å². The molecule has 1 heterocycles. The van der Waals surface area contributed by atoms with Gasteiger partial charge in [0, 0.05) is 17.3 Å². The van der Waals surface area contributed by atoms with Gasteiger partial charge in [-0.1, -0.05) is 23.2 Å². The summed E-state index contributed by atoms with van der Waals surface area (Å²) in [4.78, 5) is 8.53. The summed E-state index contributed by atoms with van der Waals surface area (Å²) < 4.78 is 38.9. The maximum absolute atomic E-state index is 13.0. The van der Waals surface area contributed by atoms with Gasteiger partial charge in [0.2, 0.25) is 5.95 Å².